The fourth-order valence-electron chi connectivity index (χ4n) is 2.23. The number of halogens is 1. The highest BCUT2D eigenvalue weighted by molar-refractivity contribution is 9.11. The standard InChI is InChI=1S/C12H18BrNOS/c1-3-6-12(2)8-14-7-9(15-12)10-4-5-11(13)16-10/h4-5,9,14H,3,6-8H2,1-2H3. The zero-order valence-electron chi connectivity index (χ0n) is 9.75. The molecule has 1 aliphatic heterocycles. The Balaban J connectivity index is 2.07. The van der Waals surface area contributed by atoms with Gasteiger partial charge in [-0.15, -0.1) is 11.3 Å². The van der Waals surface area contributed by atoms with E-state index in [9.17, 15) is 0 Å². The summed E-state index contributed by atoms with van der Waals surface area (Å²) in [5, 5.41) is 3.48. The number of thiophene rings is 1. The smallest absolute Gasteiger partial charge is 0.105 e. The van der Waals surface area contributed by atoms with E-state index in [-0.39, 0.29) is 11.7 Å². The van der Waals surface area contributed by atoms with Crippen LogP contribution in [0.1, 0.15) is 37.7 Å². The van der Waals surface area contributed by atoms with Crippen LogP contribution in [0.5, 0.6) is 0 Å². The SMILES string of the molecule is CCCC1(C)CNCC(c2ccc(Br)s2)O1. The highest BCUT2D eigenvalue weighted by atomic mass is 79.9. The molecule has 0 bridgehead atoms. The van der Waals surface area contributed by atoms with Crippen LogP contribution in [-0.4, -0.2) is 18.7 Å². The Morgan fingerprint density at radius 3 is 3.06 bits per heavy atom. The van der Waals surface area contributed by atoms with Gasteiger partial charge in [0.2, 0.25) is 0 Å². The number of hydrogen-bond donors (Lipinski definition) is 1. The van der Waals surface area contributed by atoms with Crippen molar-refractivity contribution in [3.63, 3.8) is 0 Å². The monoisotopic (exact) mass is 303 g/mol. The first-order chi connectivity index (χ1) is 7.63. The molecule has 4 heteroatoms. The Kier molecular flexibility index (Phi) is 4.06. The first-order valence-electron chi connectivity index (χ1n) is 5.77. The van der Waals surface area contributed by atoms with Gasteiger partial charge in [0.1, 0.15) is 6.10 Å². The summed E-state index contributed by atoms with van der Waals surface area (Å²) in [6, 6.07) is 4.24. The molecular formula is C12H18BrNOS. The summed E-state index contributed by atoms with van der Waals surface area (Å²) in [6.07, 6.45) is 2.49. The highest BCUT2D eigenvalue weighted by Crippen LogP contribution is 2.34. The third-order valence-electron chi connectivity index (χ3n) is 2.95. The van der Waals surface area contributed by atoms with E-state index in [1.807, 2.05) is 0 Å². The minimum Gasteiger partial charge on any atom is -0.364 e. The van der Waals surface area contributed by atoms with Crippen LogP contribution in [0.2, 0.25) is 0 Å². The summed E-state index contributed by atoms with van der Waals surface area (Å²) in [5.74, 6) is 0. The molecule has 1 aliphatic rings. The molecule has 2 unspecified atom stereocenters. The van der Waals surface area contributed by atoms with Crippen molar-refractivity contribution in [2.75, 3.05) is 13.1 Å². The van der Waals surface area contributed by atoms with Crippen molar-refractivity contribution >= 4 is 27.3 Å². The largest absolute Gasteiger partial charge is 0.364 e. The van der Waals surface area contributed by atoms with E-state index >= 15 is 0 Å². The van der Waals surface area contributed by atoms with Gasteiger partial charge in [0.15, 0.2) is 0 Å². The van der Waals surface area contributed by atoms with Crippen molar-refractivity contribution in [3.05, 3.63) is 20.8 Å². The molecule has 0 radical (unpaired) electrons. The molecule has 1 saturated heterocycles. The summed E-state index contributed by atoms with van der Waals surface area (Å²) >= 11 is 5.27. The molecule has 1 N–H and O–H groups in total. The van der Waals surface area contributed by atoms with Gasteiger partial charge in [-0.25, -0.2) is 0 Å². The van der Waals surface area contributed by atoms with Gasteiger partial charge in [0, 0.05) is 18.0 Å². The van der Waals surface area contributed by atoms with Gasteiger partial charge in [0.25, 0.3) is 0 Å². The second-order valence-corrected chi connectivity index (χ2v) is 7.07. The minimum absolute atomic E-state index is 0.00582. The quantitative estimate of drug-likeness (QED) is 0.918. The van der Waals surface area contributed by atoms with E-state index in [1.165, 1.54) is 15.1 Å². The Labute approximate surface area is 110 Å². The van der Waals surface area contributed by atoms with Crippen LogP contribution in [0.4, 0.5) is 0 Å². The molecule has 2 rings (SSSR count). The Bertz CT molecular complexity index is 351. The average molecular weight is 304 g/mol. The molecule has 0 spiro atoms. The van der Waals surface area contributed by atoms with Gasteiger partial charge in [0.05, 0.1) is 9.39 Å². The van der Waals surface area contributed by atoms with Crippen molar-refractivity contribution in [2.45, 2.75) is 38.4 Å². The van der Waals surface area contributed by atoms with Gasteiger partial charge in [-0.05, 0) is 41.4 Å². The predicted octanol–water partition coefficient (Wildman–Crippen LogP) is 3.73. The lowest BCUT2D eigenvalue weighted by molar-refractivity contribution is -0.110. The Morgan fingerprint density at radius 2 is 2.44 bits per heavy atom. The lowest BCUT2D eigenvalue weighted by Gasteiger charge is -2.39. The summed E-state index contributed by atoms with van der Waals surface area (Å²) in [6.45, 7) is 6.30. The van der Waals surface area contributed by atoms with Crippen LogP contribution in [0.25, 0.3) is 0 Å². The summed E-state index contributed by atoms with van der Waals surface area (Å²) in [7, 11) is 0. The average Bonchev–Trinajstić information content (AvgIpc) is 2.65. The fraction of sp³-hybridized carbons (Fsp3) is 0.667. The maximum absolute atomic E-state index is 6.24. The highest BCUT2D eigenvalue weighted by Gasteiger charge is 2.33. The maximum atomic E-state index is 6.24. The van der Waals surface area contributed by atoms with E-state index in [2.05, 4.69) is 47.2 Å². The van der Waals surface area contributed by atoms with Crippen LogP contribution in [0.15, 0.2) is 15.9 Å². The molecule has 2 heterocycles. The molecule has 0 saturated carbocycles. The maximum Gasteiger partial charge on any atom is 0.105 e. The molecule has 0 aliphatic carbocycles. The lowest BCUT2D eigenvalue weighted by Crippen LogP contribution is -2.48. The molecule has 2 atom stereocenters. The number of morpholine rings is 1. The summed E-state index contributed by atoms with van der Waals surface area (Å²) in [4.78, 5) is 1.31. The van der Waals surface area contributed by atoms with Crippen molar-refractivity contribution in [1.29, 1.82) is 0 Å². The third-order valence-corrected chi connectivity index (χ3v) is 4.66. The Hall–Kier alpha value is 0.1000. The van der Waals surface area contributed by atoms with Crippen LogP contribution in [0, 0.1) is 0 Å². The molecule has 90 valence electrons. The molecule has 1 fully saturated rings. The first-order valence-corrected chi connectivity index (χ1v) is 7.38. The fourth-order valence-corrected chi connectivity index (χ4v) is 3.68. The third kappa shape index (κ3) is 2.86. The second kappa shape index (κ2) is 5.17. The Morgan fingerprint density at radius 1 is 1.62 bits per heavy atom. The molecule has 16 heavy (non-hydrogen) atoms. The summed E-state index contributed by atoms with van der Waals surface area (Å²) < 4.78 is 7.42. The first kappa shape index (κ1) is 12.6. The predicted molar refractivity (Wildman–Crippen MR) is 72.0 cm³/mol. The molecule has 0 amide bonds. The number of hydrogen-bond acceptors (Lipinski definition) is 3. The number of rotatable bonds is 3. The molecule has 1 aromatic heterocycles. The normalized spacial score (nSPS) is 30.6. The van der Waals surface area contributed by atoms with Crippen LogP contribution in [-0.2, 0) is 4.74 Å². The lowest BCUT2D eigenvalue weighted by atomic mass is 9.98. The number of nitrogens with one attached hydrogen (secondary N) is 1. The topological polar surface area (TPSA) is 21.3 Å². The van der Waals surface area contributed by atoms with E-state index in [1.54, 1.807) is 11.3 Å². The van der Waals surface area contributed by atoms with Gasteiger partial charge < -0.3 is 10.1 Å². The van der Waals surface area contributed by atoms with E-state index < -0.39 is 0 Å². The van der Waals surface area contributed by atoms with Crippen molar-refractivity contribution in [3.8, 4) is 0 Å². The molecule has 1 aromatic rings. The van der Waals surface area contributed by atoms with Crippen molar-refractivity contribution in [2.24, 2.45) is 0 Å². The zero-order chi connectivity index (χ0) is 11.6. The van der Waals surface area contributed by atoms with Crippen LogP contribution < -0.4 is 5.32 Å². The zero-order valence-corrected chi connectivity index (χ0v) is 12.2. The van der Waals surface area contributed by atoms with Crippen molar-refractivity contribution < 1.29 is 4.74 Å². The van der Waals surface area contributed by atoms with Gasteiger partial charge in [-0.2, -0.15) is 0 Å². The van der Waals surface area contributed by atoms with Gasteiger partial charge in [-0.3, -0.25) is 0 Å². The van der Waals surface area contributed by atoms with E-state index in [4.69, 9.17) is 4.74 Å². The number of ether oxygens (including phenoxy) is 1. The second-order valence-electron chi connectivity index (χ2n) is 4.58. The van der Waals surface area contributed by atoms with E-state index in [0.717, 1.165) is 19.5 Å². The van der Waals surface area contributed by atoms with E-state index in [0.29, 0.717) is 0 Å². The van der Waals surface area contributed by atoms with Gasteiger partial charge >= 0.3 is 0 Å². The van der Waals surface area contributed by atoms with Crippen LogP contribution in [0.3, 0.4) is 0 Å². The molecule has 2 nitrogen and oxygen atoms in total. The molecular weight excluding hydrogens is 286 g/mol. The molecule has 0 aromatic carbocycles. The van der Waals surface area contributed by atoms with Gasteiger partial charge in [-0.1, -0.05) is 13.3 Å². The van der Waals surface area contributed by atoms with Crippen LogP contribution >= 0.6 is 27.3 Å². The van der Waals surface area contributed by atoms with Crippen molar-refractivity contribution in [1.82, 2.24) is 5.32 Å². The minimum atomic E-state index is -0.00582. The summed E-state index contributed by atoms with van der Waals surface area (Å²) in [5.41, 5.74) is -0.00582.